The topological polar surface area (TPSA) is 128 Å². The second kappa shape index (κ2) is 8.98. The molecule has 9 nitrogen and oxygen atoms in total. The van der Waals surface area contributed by atoms with Crippen LogP contribution in [0.5, 0.6) is 0 Å². The summed E-state index contributed by atoms with van der Waals surface area (Å²) < 4.78 is 37.0. The Bertz CT molecular complexity index is 936. The Balaban J connectivity index is 1.99. The van der Waals surface area contributed by atoms with Gasteiger partial charge in [0.05, 0.1) is 4.90 Å². The Hall–Kier alpha value is -2.72. The van der Waals surface area contributed by atoms with Crippen molar-refractivity contribution in [2.45, 2.75) is 51.2 Å². The highest BCUT2D eigenvalue weighted by molar-refractivity contribution is 7.89. The van der Waals surface area contributed by atoms with Crippen molar-refractivity contribution in [3.8, 4) is 0 Å². The van der Waals surface area contributed by atoms with Gasteiger partial charge in [0.2, 0.25) is 10.0 Å². The second-order valence-electron chi connectivity index (χ2n) is 6.30. The van der Waals surface area contributed by atoms with Crippen molar-refractivity contribution in [3.05, 3.63) is 41.7 Å². The summed E-state index contributed by atoms with van der Waals surface area (Å²) in [6, 6.07) is 6.53. The number of aromatic nitrogens is 1. The molecular formula is C18H23N3O6S. The van der Waals surface area contributed by atoms with E-state index in [1.807, 2.05) is 6.92 Å². The van der Waals surface area contributed by atoms with E-state index in [2.05, 4.69) is 15.2 Å². The van der Waals surface area contributed by atoms with Crippen LogP contribution in [0.15, 0.2) is 39.8 Å². The average molecular weight is 409 g/mol. The van der Waals surface area contributed by atoms with Gasteiger partial charge in [-0.25, -0.2) is 8.42 Å². The van der Waals surface area contributed by atoms with Crippen LogP contribution >= 0.6 is 0 Å². The number of nitrogens with one attached hydrogen (secondary N) is 2. The van der Waals surface area contributed by atoms with Gasteiger partial charge in [0.1, 0.15) is 11.8 Å². The van der Waals surface area contributed by atoms with Crippen molar-refractivity contribution in [1.82, 2.24) is 9.88 Å². The van der Waals surface area contributed by atoms with Gasteiger partial charge in [-0.15, -0.1) is 0 Å². The molecule has 2 rings (SSSR count). The Morgan fingerprint density at radius 1 is 1.21 bits per heavy atom. The van der Waals surface area contributed by atoms with Gasteiger partial charge in [-0.1, -0.05) is 29.8 Å². The van der Waals surface area contributed by atoms with Crippen LogP contribution in [-0.2, 0) is 24.3 Å². The minimum atomic E-state index is -3.90. The van der Waals surface area contributed by atoms with Crippen LogP contribution < -0.4 is 10.0 Å². The van der Waals surface area contributed by atoms with Crippen molar-refractivity contribution >= 4 is 27.7 Å². The number of sulfonamides is 1. The smallest absolute Gasteiger partial charge is 0.324 e. The Labute approximate surface area is 163 Å². The summed E-state index contributed by atoms with van der Waals surface area (Å²) in [5.41, 5.74) is 0.908. The molecule has 28 heavy (non-hydrogen) atoms. The molecule has 1 aromatic heterocycles. The minimum Gasteiger partial charge on any atom is -0.451 e. The number of carbonyl (C=O) groups excluding carboxylic acids is 2. The quantitative estimate of drug-likeness (QED) is 0.638. The molecule has 0 aliphatic carbocycles. The molecule has 0 fully saturated rings. The van der Waals surface area contributed by atoms with E-state index >= 15 is 0 Å². The van der Waals surface area contributed by atoms with E-state index < -0.39 is 34.0 Å². The first kappa shape index (κ1) is 21.6. The van der Waals surface area contributed by atoms with E-state index in [1.165, 1.54) is 25.1 Å². The monoisotopic (exact) mass is 409 g/mol. The molecule has 1 amide bonds. The van der Waals surface area contributed by atoms with Gasteiger partial charge in [-0.2, -0.15) is 4.72 Å². The van der Waals surface area contributed by atoms with Crippen molar-refractivity contribution in [1.29, 1.82) is 0 Å². The number of amides is 1. The number of rotatable bonds is 8. The zero-order valence-corrected chi connectivity index (χ0v) is 16.9. The van der Waals surface area contributed by atoms with Crippen LogP contribution in [0.4, 0.5) is 5.82 Å². The van der Waals surface area contributed by atoms with Crippen LogP contribution in [-0.4, -0.2) is 37.6 Å². The molecule has 0 aliphatic heterocycles. The van der Waals surface area contributed by atoms with Gasteiger partial charge >= 0.3 is 5.97 Å². The predicted octanol–water partition coefficient (Wildman–Crippen LogP) is 1.92. The van der Waals surface area contributed by atoms with Crippen LogP contribution in [0.25, 0.3) is 0 Å². The molecule has 0 spiro atoms. The zero-order valence-electron chi connectivity index (χ0n) is 16.1. The van der Waals surface area contributed by atoms with E-state index in [-0.39, 0.29) is 17.1 Å². The van der Waals surface area contributed by atoms with Crippen LogP contribution in [0.2, 0.25) is 0 Å². The van der Waals surface area contributed by atoms with Crippen LogP contribution in [0.3, 0.4) is 0 Å². The highest BCUT2D eigenvalue weighted by atomic mass is 32.2. The summed E-state index contributed by atoms with van der Waals surface area (Å²) in [6.45, 7) is 6.51. The van der Waals surface area contributed by atoms with Gasteiger partial charge in [0.15, 0.2) is 11.9 Å². The predicted molar refractivity (Wildman–Crippen MR) is 101 cm³/mol. The van der Waals surface area contributed by atoms with Gasteiger partial charge in [0.25, 0.3) is 5.91 Å². The zero-order chi connectivity index (χ0) is 20.9. The van der Waals surface area contributed by atoms with Crippen molar-refractivity contribution in [3.63, 3.8) is 0 Å². The van der Waals surface area contributed by atoms with Crippen LogP contribution in [0.1, 0.15) is 31.6 Å². The molecule has 152 valence electrons. The van der Waals surface area contributed by atoms with E-state index in [0.29, 0.717) is 5.76 Å². The van der Waals surface area contributed by atoms with Crippen molar-refractivity contribution < 1.29 is 27.3 Å². The summed E-state index contributed by atoms with van der Waals surface area (Å²) >= 11 is 0. The molecule has 1 aromatic carbocycles. The second-order valence-corrected chi connectivity index (χ2v) is 8.02. The lowest BCUT2D eigenvalue weighted by Crippen LogP contribution is -2.42. The molecular weight excluding hydrogens is 386 g/mol. The molecule has 0 radical (unpaired) electrons. The molecule has 0 saturated carbocycles. The third-order valence-electron chi connectivity index (χ3n) is 3.82. The first-order chi connectivity index (χ1) is 13.1. The number of ether oxygens (including phenoxy) is 1. The highest BCUT2D eigenvalue weighted by Crippen LogP contribution is 2.12. The number of hydrogen-bond donors (Lipinski definition) is 2. The molecule has 2 atom stereocenters. The third kappa shape index (κ3) is 5.64. The summed E-state index contributed by atoms with van der Waals surface area (Å²) in [7, 11) is -3.90. The summed E-state index contributed by atoms with van der Waals surface area (Å²) in [5, 5.41) is 6.11. The number of nitrogens with zero attached hydrogens (tertiary/aromatic N) is 1. The Morgan fingerprint density at radius 2 is 1.86 bits per heavy atom. The fourth-order valence-corrected chi connectivity index (χ4v) is 3.46. The molecule has 10 heteroatoms. The maximum atomic E-state index is 12.4. The Morgan fingerprint density at radius 3 is 2.39 bits per heavy atom. The van der Waals surface area contributed by atoms with E-state index in [4.69, 9.17) is 9.26 Å². The first-order valence-corrected chi connectivity index (χ1v) is 10.1. The normalized spacial score (nSPS) is 13.6. The van der Waals surface area contributed by atoms with Crippen molar-refractivity contribution in [2.75, 3.05) is 5.32 Å². The molecule has 2 N–H and O–H groups in total. The molecule has 0 bridgehead atoms. The summed E-state index contributed by atoms with van der Waals surface area (Å²) in [5.74, 6) is -0.739. The molecule has 1 unspecified atom stereocenters. The summed E-state index contributed by atoms with van der Waals surface area (Å²) in [4.78, 5) is 24.5. The first-order valence-electron chi connectivity index (χ1n) is 8.66. The largest absolute Gasteiger partial charge is 0.451 e. The standard InChI is InChI=1S/C18H23N3O6S/c1-5-15(17(22)19-16-10-12(3)27-20-16)26-18(23)13(4)21-28(24,25)14-8-6-11(2)7-9-14/h6-10,13,15,21H,5H2,1-4H3,(H,19,20,22)/t13-,15?/m0/s1. The van der Waals surface area contributed by atoms with E-state index in [1.54, 1.807) is 26.0 Å². The number of carbonyl (C=O) groups is 2. The average Bonchev–Trinajstić information content (AvgIpc) is 3.03. The fraction of sp³-hybridized carbons (Fsp3) is 0.389. The van der Waals surface area contributed by atoms with E-state index in [0.717, 1.165) is 5.56 Å². The Kier molecular flexibility index (Phi) is 6.92. The van der Waals surface area contributed by atoms with E-state index in [9.17, 15) is 18.0 Å². The van der Waals surface area contributed by atoms with Crippen LogP contribution in [0, 0.1) is 13.8 Å². The molecule has 0 saturated heterocycles. The number of hydrogen-bond acceptors (Lipinski definition) is 7. The van der Waals surface area contributed by atoms with Gasteiger partial charge < -0.3 is 14.6 Å². The van der Waals surface area contributed by atoms with Gasteiger partial charge in [-0.05, 0) is 39.3 Å². The maximum absolute atomic E-state index is 12.4. The number of aryl methyl sites for hydroxylation is 2. The van der Waals surface area contributed by atoms with Gasteiger partial charge in [-0.3, -0.25) is 9.59 Å². The lowest BCUT2D eigenvalue weighted by molar-refractivity contribution is -0.155. The number of anilines is 1. The molecule has 2 aromatic rings. The summed E-state index contributed by atoms with van der Waals surface area (Å²) in [6.07, 6.45) is -0.901. The molecule has 0 aliphatic rings. The highest BCUT2D eigenvalue weighted by Gasteiger charge is 2.28. The maximum Gasteiger partial charge on any atom is 0.324 e. The lowest BCUT2D eigenvalue weighted by atomic mass is 10.2. The minimum absolute atomic E-state index is 0.0314. The van der Waals surface area contributed by atoms with Gasteiger partial charge in [0, 0.05) is 6.07 Å². The fourth-order valence-electron chi connectivity index (χ4n) is 2.26. The molecule has 1 heterocycles. The third-order valence-corrected chi connectivity index (χ3v) is 5.37. The SMILES string of the molecule is CCC(OC(=O)[C@H](C)NS(=O)(=O)c1ccc(C)cc1)C(=O)Nc1cc(C)on1. The number of benzene rings is 1. The lowest BCUT2D eigenvalue weighted by Gasteiger charge is -2.19. The number of esters is 1. The van der Waals surface area contributed by atoms with Crippen molar-refractivity contribution in [2.24, 2.45) is 0 Å².